The molecule has 2 aromatic rings. The first-order valence-electron chi connectivity index (χ1n) is 10.8. The first-order valence-corrected chi connectivity index (χ1v) is 13.0. The highest BCUT2D eigenvalue weighted by Gasteiger charge is 2.53. The van der Waals surface area contributed by atoms with Gasteiger partial charge in [-0.25, -0.2) is 8.42 Å². The van der Waals surface area contributed by atoms with Crippen molar-refractivity contribution < 1.29 is 18.0 Å². The molecule has 0 saturated carbocycles. The normalized spacial score (nSPS) is 24.0. The van der Waals surface area contributed by atoms with Gasteiger partial charge in [-0.1, -0.05) is 23.2 Å². The number of nitrogens with two attached hydrogens (primary N) is 1. The standard InChI is InChI=1S/C22H25Cl2N5O4S/c1-13(2)27-12-20-28(34(32,33)19-4-3-15(23)10-16(19)24)11-17(25)21(30)29(20)18(22(27)31)9-14-5-7-26-8-6-14/h3-8,10,13,17-18,20H,9,11-12,25H2,1-2H3. The Morgan fingerprint density at radius 1 is 1.09 bits per heavy atom. The van der Waals surface area contributed by atoms with Crippen molar-refractivity contribution in [1.29, 1.82) is 0 Å². The first-order chi connectivity index (χ1) is 16.0. The zero-order valence-corrected chi connectivity index (χ0v) is 21.0. The minimum atomic E-state index is -4.18. The van der Waals surface area contributed by atoms with Gasteiger partial charge in [-0.2, -0.15) is 4.31 Å². The van der Waals surface area contributed by atoms with E-state index < -0.39 is 34.2 Å². The Balaban J connectivity index is 1.80. The van der Waals surface area contributed by atoms with Gasteiger partial charge in [-0.3, -0.25) is 14.6 Å². The quantitative estimate of drug-likeness (QED) is 0.635. The molecule has 0 aliphatic carbocycles. The minimum absolute atomic E-state index is 0.0201. The van der Waals surface area contributed by atoms with Crippen LogP contribution >= 0.6 is 23.2 Å². The number of rotatable bonds is 5. The van der Waals surface area contributed by atoms with Gasteiger partial charge >= 0.3 is 0 Å². The molecule has 2 N–H and O–H groups in total. The van der Waals surface area contributed by atoms with E-state index in [1.165, 1.54) is 27.4 Å². The molecule has 0 radical (unpaired) electrons. The third kappa shape index (κ3) is 4.40. The van der Waals surface area contributed by atoms with Crippen LogP contribution in [0.25, 0.3) is 0 Å². The lowest BCUT2D eigenvalue weighted by atomic mass is 9.97. The molecule has 2 fully saturated rings. The summed E-state index contributed by atoms with van der Waals surface area (Å²) in [6.07, 6.45) is 2.47. The van der Waals surface area contributed by atoms with E-state index in [-0.39, 0.29) is 41.4 Å². The van der Waals surface area contributed by atoms with Crippen LogP contribution in [0, 0.1) is 0 Å². The highest BCUT2D eigenvalue weighted by Crippen LogP contribution is 2.34. The van der Waals surface area contributed by atoms with Crippen LogP contribution in [0.3, 0.4) is 0 Å². The highest BCUT2D eigenvalue weighted by molar-refractivity contribution is 7.89. The van der Waals surface area contributed by atoms with Gasteiger partial charge in [0.15, 0.2) is 0 Å². The molecule has 0 bridgehead atoms. The van der Waals surface area contributed by atoms with Crippen LogP contribution in [0.15, 0.2) is 47.6 Å². The zero-order chi connectivity index (χ0) is 24.8. The summed E-state index contributed by atoms with van der Waals surface area (Å²) in [5.74, 6) is -0.721. The summed E-state index contributed by atoms with van der Waals surface area (Å²) in [5, 5.41) is 0.258. The van der Waals surface area contributed by atoms with Gasteiger partial charge in [0.05, 0.1) is 17.6 Å². The fourth-order valence-electron chi connectivity index (χ4n) is 4.45. The highest BCUT2D eigenvalue weighted by atomic mass is 35.5. The number of aromatic nitrogens is 1. The summed E-state index contributed by atoms with van der Waals surface area (Å²) in [5.41, 5.74) is 6.91. The van der Waals surface area contributed by atoms with E-state index in [0.29, 0.717) is 5.02 Å². The van der Waals surface area contributed by atoms with Crippen molar-refractivity contribution in [3.05, 3.63) is 58.3 Å². The number of hydrogen-bond acceptors (Lipinski definition) is 6. The lowest BCUT2D eigenvalue weighted by Gasteiger charge is -2.53. The van der Waals surface area contributed by atoms with Crippen LogP contribution in [0.5, 0.6) is 0 Å². The van der Waals surface area contributed by atoms with Gasteiger partial charge in [0.25, 0.3) is 0 Å². The maximum Gasteiger partial charge on any atom is 0.246 e. The van der Waals surface area contributed by atoms with Crippen molar-refractivity contribution in [3.63, 3.8) is 0 Å². The Morgan fingerprint density at radius 2 is 1.76 bits per heavy atom. The Hall–Kier alpha value is -2.24. The van der Waals surface area contributed by atoms with Crippen molar-refractivity contribution in [2.24, 2.45) is 5.73 Å². The van der Waals surface area contributed by atoms with E-state index >= 15 is 0 Å². The van der Waals surface area contributed by atoms with Crippen LogP contribution in [0.2, 0.25) is 10.0 Å². The monoisotopic (exact) mass is 525 g/mol. The number of carbonyl (C=O) groups excluding carboxylic acids is 2. The number of nitrogens with zero attached hydrogens (tertiary/aromatic N) is 4. The van der Waals surface area contributed by atoms with E-state index in [1.54, 1.807) is 29.4 Å². The number of amides is 2. The second-order valence-corrected chi connectivity index (χ2v) is 11.3. The SMILES string of the molecule is CC(C)N1CC2N(C(=O)C(N)CN2S(=O)(=O)c2ccc(Cl)cc2Cl)C(Cc2ccncc2)C1=O. The number of benzene rings is 1. The molecule has 0 spiro atoms. The van der Waals surface area contributed by atoms with Gasteiger partial charge in [-0.15, -0.1) is 0 Å². The van der Waals surface area contributed by atoms with Crippen molar-refractivity contribution in [3.8, 4) is 0 Å². The third-order valence-electron chi connectivity index (χ3n) is 6.15. The molecule has 3 heterocycles. The van der Waals surface area contributed by atoms with Crippen molar-refractivity contribution >= 4 is 45.0 Å². The van der Waals surface area contributed by atoms with Crippen molar-refractivity contribution in [2.75, 3.05) is 13.1 Å². The number of fused-ring (bicyclic) bond motifs is 1. The van der Waals surface area contributed by atoms with E-state index in [4.69, 9.17) is 28.9 Å². The molecular weight excluding hydrogens is 501 g/mol. The predicted molar refractivity (Wildman–Crippen MR) is 128 cm³/mol. The van der Waals surface area contributed by atoms with Gasteiger partial charge in [0.1, 0.15) is 17.1 Å². The summed E-state index contributed by atoms with van der Waals surface area (Å²) in [7, 11) is -4.18. The average Bonchev–Trinajstić information content (AvgIpc) is 2.77. The molecule has 2 aliphatic rings. The molecule has 1 aromatic carbocycles. The molecule has 9 nitrogen and oxygen atoms in total. The maximum absolute atomic E-state index is 13.7. The molecule has 2 amide bonds. The topological polar surface area (TPSA) is 117 Å². The van der Waals surface area contributed by atoms with Crippen LogP contribution in [0.1, 0.15) is 19.4 Å². The smallest absolute Gasteiger partial charge is 0.246 e. The number of sulfonamides is 1. The summed E-state index contributed by atoms with van der Waals surface area (Å²) in [4.78, 5) is 33.5. The summed E-state index contributed by atoms with van der Waals surface area (Å²) in [6, 6.07) is 5.37. The van der Waals surface area contributed by atoms with Crippen LogP contribution in [-0.4, -0.2) is 76.7 Å². The second-order valence-electron chi connectivity index (χ2n) is 8.64. The maximum atomic E-state index is 13.7. The molecule has 182 valence electrons. The molecular formula is C22H25Cl2N5O4S. The predicted octanol–water partition coefficient (Wildman–Crippen LogP) is 1.74. The lowest BCUT2D eigenvalue weighted by Crippen LogP contribution is -2.75. The molecule has 1 aromatic heterocycles. The molecule has 2 saturated heterocycles. The molecule has 3 atom stereocenters. The molecule has 12 heteroatoms. The fourth-order valence-corrected chi connectivity index (χ4v) is 6.79. The van der Waals surface area contributed by atoms with Gasteiger partial charge in [0, 0.05) is 36.4 Å². The Kier molecular flexibility index (Phi) is 6.90. The number of carbonyl (C=O) groups is 2. The minimum Gasteiger partial charge on any atom is -0.335 e. The number of halogens is 2. The molecule has 2 aliphatic heterocycles. The fraction of sp³-hybridized carbons (Fsp3) is 0.409. The van der Waals surface area contributed by atoms with E-state index in [2.05, 4.69) is 4.98 Å². The van der Waals surface area contributed by atoms with Gasteiger partial charge in [0.2, 0.25) is 21.8 Å². The van der Waals surface area contributed by atoms with Crippen LogP contribution in [-0.2, 0) is 26.0 Å². The molecule has 34 heavy (non-hydrogen) atoms. The number of piperazine rings is 1. The van der Waals surface area contributed by atoms with Crippen molar-refractivity contribution in [2.45, 2.75) is 49.5 Å². The van der Waals surface area contributed by atoms with Crippen LogP contribution < -0.4 is 5.73 Å². The van der Waals surface area contributed by atoms with Gasteiger partial charge < -0.3 is 15.5 Å². The molecule has 3 unspecified atom stereocenters. The Labute approximate surface area is 208 Å². The van der Waals surface area contributed by atoms with Crippen molar-refractivity contribution in [1.82, 2.24) is 19.1 Å². The number of hydrogen-bond donors (Lipinski definition) is 1. The zero-order valence-electron chi connectivity index (χ0n) is 18.6. The van der Waals surface area contributed by atoms with E-state index in [1.807, 2.05) is 13.8 Å². The average molecular weight is 526 g/mol. The largest absolute Gasteiger partial charge is 0.335 e. The second kappa shape index (κ2) is 9.43. The Morgan fingerprint density at radius 3 is 2.38 bits per heavy atom. The van der Waals surface area contributed by atoms with Crippen LogP contribution in [0.4, 0.5) is 0 Å². The summed E-state index contributed by atoms with van der Waals surface area (Å²) >= 11 is 12.2. The Bertz CT molecular complexity index is 1210. The summed E-state index contributed by atoms with van der Waals surface area (Å²) in [6.45, 7) is 3.49. The number of pyridine rings is 1. The third-order valence-corrected chi connectivity index (χ3v) is 8.73. The lowest BCUT2D eigenvalue weighted by molar-refractivity contribution is -0.167. The first kappa shape index (κ1) is 24.9. The van der Waals surface area contributed by atoms with Gasteiger partial charge in [-0.05, 0) is 49.7 Å². The van der Waals surface area contributed by atoms with E-state index in [9.17, 15) is 18.0 Å². The summed E-state index contributed by atoms with van der Waals surface area (Å²) < 4.78 is 28.7. The molecule has 4 rings (SSSR count). The van der Waals surface area contributed by atoms with E-state index in [0.717, 1.165) is 5.56 Å².